The molecule has 118 valence electrons. The number of rotatable bonds is 3. The van der Waals surface area contributed by atoms with Gasteiger partial charge in [0.2, 0.25) is 0 Å². The van der Waals surface area contributed by atoms with Crippen molar-refractivity contribution in [3.05, 3.63) is 71.4 Å². The molecule has 4 rings (SSSR count). The normalized spacial score (nSPS) is 19.3. The smallest absolute Gasteiger partial charge is 0.0502 e. The van der Waals surface area contributed by atoms with Crippen LogP contribution in [0.15, 0.2) is 54.6 Å². The van der Waals surface area contributed by atoms with Gasteiger partial charge in [-0.3, -0.25) is 4.90 Å². The number of fused-ring (bicyclic) bond motifs is 1. The van der Waals surface area contributed by atoms with Crippen molar-refractivity contribution in [2.75, 3.05) is 6.54 Å². The van der Waals surface area contributed by atoms with E-state index in [4.69, 9.17) is 0 Å². The van der Waals surface area contributed by atoms with Crippen LogP contribution in [0, 0.1) is 6.92 Å². The van der Waals surface area contributed by atoms with Crippen LogP contribution in [0.2, 0.25) is 0 Å². The van der Waals surface area contributed by atoms with E-state index in [0.29, 0.717) is 6.04 Å². The lowest BCUT2D eigenvalue weighted by Crippen LogP contribution is -2.33. The van der Waals surface area contributed by atoms with Gasteiger partial charge in [0.1, 0.15) is 0 Å². The third-order valence-electron chi connectivity index (χ3n) is 5.03. The third kappa shape index (κ3) is 3.04. The van der Waals surface area contributed by atoms with Gasteiger partial charge >= 0.3 is 0 Å². The standard InChI is InChI=1S/C21H24N2/c1-16-9-11-17(12-10-16)15-23-13-5-4-8-21(23)20-14-18-6-2-3-7-19(18)22-20/h2-3,6-7,9-12,14,21-22H,4-5,8,13,15H2,1H3. The molecule has 0 saturated carbocycles. The molecule has 1 aliphatic rings. The Morgan fingerprint density at radius 1 is 1.04 bits per heavy atom. The molecule has 23 heavy (non-hydrogen) atoms. The lowest BCUT2D eigenvalue weighted by atomic mass is 9.98. The van der Waals surface area contributed by atoms with Crippen molar-refractivity contribution in [2.45, 2.75) is 38.8 Å². The molecule has 1 fully saturated rings. The van der Waals surface area contributed by atoms with Crippen molar-refractivity contribution in [3.63, 3.8) is 0 Å². The summed E-state index contributed by atoms with van der Waals surface area (Å²) < 4.78 is 0. The van der Waals surface area contributed by atoms with Gasteiger partial charge in [0.25, 0.3) is 0 Å². The molecule has 1 N–H and O–H groups in total. The molecule has 0 bridgehead atoms. The Hall–Kier alpha value is -2.06. The quantitative estimate of drug-likeness (QED) is 0.704. The first kappa shape index (κ1) is 14.5. The van der Waals surface area contributed by atoms with E-state index in [1.165, 1.54) is 53.5 Å². The molecule has 2 heterocycles. The van der Waals surface area contributed by atoms with Gasteiger partial charge in [0.15, 0.2) is 0 Å². The molecule has 1 aliphatic heterocycles. The van der Waals surface area contributed by atoms with Crippen molar-refractivity contribution in [1.82, 2.24) is 9.88 Å². The summed E-state index contributed by atoms with van der Waals surface area (Å²) in [5, 5.41) is 1.32. The Kier molecular flexibility index (Phi) is 3.92. The molecule has 2 nitrogen and oxygen atoms in total. The van der Waals surface area contributed by atoms with Crippen LogP contribution in [0.4, 0.5) is 0 Å². The van der Waals surface area contributed by atoms with Crippen molar-refractivity contribution in [3.8, 4) is 0 Å². The van der Waals surface area contributed by atoms with Crippen molar-refractivity contribution >= 4 is 10.9 Å². The summed E-state index contributed by atoms with van der Waals surface area (Å²) in [5.74, 6) is 0. The molecule has 0 radical (unpaired) electrons. The van der Waals surface area contributed by atoms with Crippen LogP contribution < -0.4 is 0 Å². The third-order valence-corrected chi connectivity index (χ3v) is 5.03. The average Bonchev–Trinajstić information content (AvgIpc) is 3.01. The van der Waals surface area contributed by atoms with E-state index in [2.05, 4.69) is 71.4 Å². The van der Waals surface area contributed by atoms with Crippen LogP contribution in [-0.2, 0) is 6.54 Å². The highest BCUT2D eigenvalue weighted by molar-refractivity contribution is 5.80. The van der Waals surface area contributed by atoms with E-state index in [1.807, 2.05) is 0 Å². The van der Waals surface area contributed by atoms with Gasteiger partial charge < -0.3 is 4.98 Å². The molecule has 1 saturated heterocycles. The number of hydrogen-bond donors (Lipinski definition) is 1. The fourth-order valence-corrected chi connectivity index (χ4v) is 3.74. The Balaban J connectivity index is 1.60. The van der Waals surface area contributed by atoms with Crippen molar-refractivity contribution < 1.29 is 0 Å². The predicted octanol–water partition coefficient (Wildman–Crippen LogP) is 5.20. The summed E-state index contributed by atoms with van der Waals surface area (Å²) in [5.41, 5.74) is 5.37. The number of para-hydroxylation sites is 1. The van der Waals surface area contributed by atoms with Gasteiger partial charge in [-0.2, -0.15) is 0 Å². The highest BCUT2D eigenvalue weighted by Gasteiger charge is 2.25. The van der Waals surface area contributed by atoms with Gasteiger partial charge in [-0.1, -0.05) is 54.4 Å². The summed E-state index contributed by atoms with van der Waals surface area (Å²) in [4.78, 5) is 6.29. The van der Waals surface area contributed by atoms with Crippen LogP contribution in [0.5, 0.6) is 0 Å². The lowest BCUT2D eigenvalue weighted by molar-refractivity contribution is 0.138. The minimum Gasteiger partial charge on any atom is -0.357 e. The molecule has 0 amide bonds. The van der Waals surface area contributed by atoms with Crippen LogP contribution in [0.1, 0.15) is 42.1 Å². The van der Waals surface area contributed by atoms with Gasteiger partial charge in [-0.05, 0) is 49.4 Å². The van der Waals surface area contributed by atoms with E-state index >= 15 is 0 Å². The Labute approximate surface area is 138 Å². The summed E-state index contributed by atoms with van der Waals surface area (Å²) in [6.07, 6.45) is 3.88. The van der Waals surface area contributed by atoms with Crippen molar-refractivity contribution in [2.24, 2.45) is 0 Å². The molecule has 1 aromatic heterocycles. The van der Waals surface area contributed by atoms with E-state index in [0.717, 1.165) is 6.54 Å². The summed E-state index contributed by atoms with van der Waals surface area (Å²) in [6.45, 7) is 4.38. The number of H-pyrrole nitrogens is 1. The second-order valence-corrected chi connectivity index (χ2v) is 6.78. The van der Waals surface area contributed by atoms with Gasteiger partial charge in [0.05, 0.1) is 6.04 Å². The maximum Gasteiger partial charge on any atom is 0.0502 e. The fourth-order valence-electron chi connectivity index (χ4n) is 3.74. The predicted molar refractivity (Wildman–Crippen MR) is 96.5 cm³/mol. The fraction of sp³-hybridized carbons (Fsp3) is 0.333. The molecule has 3 aromatic rings. The Morgan fingerprint density at radius 3 is 2.70 bits per heavy atom. The van der Waals surface area contributed by atoms with E-state index in [-0.39, 0.29) is 0 Å². The summed E-state index contributed by atoms with van der Waals surface area (Å²) in [6, 6.07) is 20.4. The number of likely N-dealkylation sites (tertiary alicyclic amines) is 1. The number of aryl methyl sites for hydroxylation is 1. The number of aromatic nitrogens is 1. The van der Waals surface area contributed by atoms with E-state index in [9.17, 15) is 0 Å². The lowest BCUT2D eigenvalue weighted by Gasteiger charge is -2.35. The Morgan fingerprint density at radius 2 is 1.87 bits per heavy atom. The highest BCUT2D eigenvalue weighted by atomic mass is 15.2. The zero-order valence-electron chi connectivity index (χ0n) is 13.8. The topological polar surface area (TPSA) is 19.0 Å². The molecule has 1 atom stereocenters. The monoisotopic (exact) mass is 304 g/mol. The van der Waals surface area contributed by atoms with E-state index < -0.39 is 0 Å². The maximum absolute atomic E-state index is 3.65. The van der Waals surface area contributed by atoms with Crippen LogP contribution in [0.3, 0.4) is 0 Å². The van der Waals surface area contributed by atoms with Gasteiger partial charge in [-0.25, -0.2) is 0 Å². The minimum absolute atomic E-state index is 0.512. The second kappa shape index (κ2) is 6.21. The first-order valence-corrected chi connectivity index (χ1v) is 8.67. The van der Waals surface area contributed by atoms with Crippen LogP contribution in [0.25, 0.3) is 10.9 Å². The Bertz CT molecular complexity index is 752. The van der Waals surface area contributed by atoms with Crippen molar-refractivity contribution in [1.29, 1.82) is 0 Å². The number of hydrogen-bond acceptors (Lipinski definition) is 1. The molecular formula is C21H24N2. The number of benzene rings is 2. The van der Waals surface area contributed by atoms with Gasteiger partial charge in [0, 0.05) is 17.8 Å². The summed E-state index contributed by atoms with van der Waals surface area (Å²) >= 11 is 0. The number of nitrogens with zero attached hydrogens (tertiary/aromatic N) is 1. The van der Waals surface area contributed by atoms with Crippen LogP contribution >= 0.6 is 0 Å². The van der Waals surface area contributed by atoms with Gasteiger partial charge in [-0.15, -0.1) is 0 Å². The summed E-state index contributed by atoms with van der Waals surface area (Å²) in [7, 11) is 0. The second-order valence-electron chi connectivity index (χ2n) is 6.78. The minimum atomic E-state index is 0.512. The number of aromatic amines is 1. The largest absolute Gasteiger partial charge is 0.357 e. The first-order valence-electron chi connectivity index (χ1n) is 8.67. The zero-order chi connectivity index (χ0) is 15.6. The average molecular weight is 304 g/mol. The SMILES string of the molecule is Cc1ccc(CN2CCCCC2c2cc3ccccc3[nH]2)cc1. The molecule has 0 aliphatic carbocycles. The highest BCUT2D eigenvalue weighted by Crippen LogP contribution is 2.33. The molecule has 0 spiro atoms. The molecule has 2 heteroatoms. The number of nitrogens with one attached hydrogen (secondary N) is 1. The zero-order valence-corrected chi connectivity index (χ0v) is 13.8. The molecular weight excluding hydrogens is 280 g/mol. The number of piperidine rings is 1. The molecule has 1 unspecified atom stereocenters. The maximum atomic E-state index is 3.65. The molecule has 2 aromatic carbocycles. The van der Waals surface area contributed by atoms with E-state index in [1.54, 1.807) is 0 Å². The van der Waals surface area contributed by atoms with Crippen LogP contribution in [-0.4, -0.2) is 16.4 Å². The first-order chi connectivity index (χ1) is 11.3.